The lowest BCUT2D eigenvalue weighted by Gasteiger charge is -2.66. The molecule has 2 saturated carbocycles. The van der Waals surface area contributed by atoms with E-state index in [9.17, 15) is 15.0 Å². The molecule has 1 spiro atoms. The summed E-state index contributed by atoms with van der Waals surface area (Å²) in [4.78, 5) is 18.7. The Morgan fingerprint density at radius 2 is 2.17 bits per heavy atom. The third kappa shape index (κ3) is 3.11. The van der Waals surface area contributed by atoms with Crippen LogP contribution in [0, 0.1) is 5.92 Å². The first-order valence-corrected chi connectivity index (χ1v) is 14.7. The van der Waals surface area contributed by atoms with E-state index in [1.165, 1.54) is 18.4 Å². The minimum absolute atomic E-state index is 0.0845. The third-order valence-corrected chi connectivity index (χ3v) is 11.2. The zero-order valence-corrected chi connectivity index (χ0v) is 22.7. The number of amides is 1. The molecular formula is C28H31BrN2O4S. The first kappa shape index (κ1) is 23.3. The summed E-state index contributed by atoms with van der Waals surface area (Å²) in [5.74, 6) is 1.33. The predicted molar refractivity (Wildman–Crippen MR) is 142 cm³/mol. The van der Waals surface area contributed by atoms with Crippen molar-refractivity contribution in [1.29, 1.82) is 0 Å². The smallest absolute Gasteiger partial charge is 0.246 e. The van der Waals surface area contributed by atoms with Crippen LogP contribution in [-0.4, -0.2) is 69.8 Å². The van der Waals surface area contributed by atoms with E-state index in [1.807, 2.05) is 30.6 Å². The Hall–Kier alpha value is -1.87. The van der Waals surface area contributed by atoms with Gasteiger partial charge < -0.3 is 19.8 Å². The minimum Gasteiger partial charge on any atom is -0.504 e. The summed E-state index contributed by atoms with van der Waals surface area (Å²) in [5, 5.41) is 25.8. The zero-order valence-electron chi connectivity index (χ0n) is 20.3. The standard InChI is InChI=1S/C28H31BrN2O4S/c1-30(24(33)9-5-19-13-18(29)15-36-19)21-7-8-23-27-10-11-31(14-16-2-3-16)22(28(21,27)34)12-17-4-6-20(32)26(35-23)25(17)27/h4-6,9,13,15-16,21-23,32,34H,2-3,7-8,10-12,14H2,1H3/b9-5+/t21-,22-,23+,27-,28-/m1/s1. The average molecular weight is 572 g/mol. The van der Waals surface area contributed by atoms with Crippen LogP contribution in [0.15, 0.2) is 34.1 Å². The molecule has 2 bridgehead atoms. The van der Waals surface area contributed by atoms with Crippen LogP contribution in [0.3, 0.4) is 0 Å². The Morgan fingerprint density at radius 3 is 2.92 bits per heavy atom. The summed E-state index contributed by atoms with van der Waals surface area (Å²) < 4.78 is 7.45. The molecule has 2 aliphatic heterocycles. The first-order chi connectivity index (χ1) is 17.3. The molecule has 3 aliphatic carbocycles. The number of hydrogen-bond donors (Lipinski definition) is 2. The van der Waals surface area contributed by atoms with Gasteiger partial charge in [0.05, 0.1) is 11.5 Å². The number of aliphatic hydroxyl groups is 1. The van der Waals surface area contributed by atoms with Gasteiger partial charge in [0.25, 0.3) is 0 Å². The molecule has 1 amide bonds. The van der Waals surface area contributed by atoms with E-state index in [0.29, 0.717) is 24.5 Å². The number of hydrogen-bond acceptors (Lipinski definition) is 6. The number of benzene rings is 1. The SMILES string of the molecule is CN(C(=O)/C=C/c1cc(Br)cs1)[C@@H]1CC[C@@H]2Oc3c(O)ccc4c3[C@@]23CCN(CC2CC2)[C@H](C4)[C@]13O. The van der Waals surface area contributed by atoms with Gasteiger partial charge in [0.15, 0.2) is 11.5 Å². The van der Waals surface area contributed by atoms with Crippen LogP contribution in [0.2, 0.25) is 0 Å². The van der Waals surface area contributed by atoms with Crippen molar-refractivity contribution in [3.05, 3.63) is 50.1 Å². The fourth-order valence-corrected chi connectivity index (χ4v) is 9.15. The molecule has 2 N–H and O–H groups in total. The molecule has 6 nitrogen and oxygen atoms in total. The van der Waals surface area contributed by atoms with Gasteiger partial charge in [-0.3, -0.25) is 9.69 Å². The molecule has 2 aromatic rings. The van der Waals surface area contributed by atoms with E-state index in [1.54, 1.807) is 28.4 Å². The van der Waals surface area contributed by atoms with E-state index < -0.39 is 11.0 Å². The number of halogens is 1. The van der Waals surface area contributed by atoms with Crippen LogP contribution in [0.4, 0.5) is 0 Å². The van der Waals surface area contributed by atoms with E-state index in [-0.39, 0.29) is 29.8 Å². The van der Waals surface area contributed by atoms with Crippen LogP contribution >= 0.6 is 27.3 Å². The van der Waals surface area contributed by atoms with E-state index >= 15 is 0 Å². The molecule has 5 atom stereocenters. The number of thiophene rings is 1. The average Bonchev–Trinajstić information content (AvgIpc) is 3.47. The van der Waals surface area contributed by atoms with Gasteiger partial charge in [-0.15, -0.1) is 11.3 Å². The quantitative estimate of drug-likeness (QED) is 0.524. The molecular weight excluding hydrogens is 540 g/mol. The highest BCUT2D eigenvalue weighted by Crippen LogP contribution is 2.66. The van der Waals surface area contributed by atoms with Gasteiger partial charge in [0, 0.05) is 46.0 Å². The van der Waals surface area contributed by atoms with Crippen molar-refractivity contribution in [2.45, 2.75) is 67.7 Å². The largest absolute Gasteiger partial charge is 0.504 e. The Kier molecular flexibility index (Phi) is 5.21. The van der Waals surface area contributed by atoms with E-state index in [0.717, 1.165) is 40.8 Å². The van der Waals surface area contributed by atoms with Gasteiger partial charge >= 0.3 is 0 Å². The van der Waals surface area contributed by atoms with Crippen molar-refractivity contribution >= 4 is 39.2 Å². The molecule has 5 aliphatic rings. The summed E-state index contributed by atoms with van der Waals surface area (Å²) in [6, 6.07) is 5.34. The summed E-state index contributed by atoms with van der Waals surface area (Å²) in [5.41, 5.74) is 0.415. The summed E-state index contributed by atoms with van der Waals surface area (Å²) in [7, 11) is 1.84. The Bertz CT molecular complexity index is 1270. The van der Waals surface area contributed by atoms with E-state index in [4.69, 9.17) is 4.74 Å². The van der Waals surface area contributed by atoms with Crippen LogP contribution in [-0.2, 0) is 16.6 Å². The van der Waals surface area contributed by atoms with Gasteiger partial charge in [-0.2, -0.15) is 0 Å². The van der Waals surface area contributed by atoms with Crippen LogP contribution in [0.25, 0.3) is 6.08 Å². The number of likely N-dealkylation sites (tertiary alicyclic amines) is 1. The zero-order chi connectivity index (χ0) is 24.8. The number of aromatic hydroxyl groups is 1. The molecule has 3 heterocycles. The molecule has 3 fully saturated rings. The van der Waals surface area contributed by atoms with Gasteiger partial charge in [0.1, 0.15) is 11.7 Å². The topological polar surface area (TPSA) is 73.2 Å². The molecule has 1 aromatic heterocycles. The second-order valence-corrected chi connectivity index (χ2v) is 13.2. The second-order valence-electron chi connectivity index (χ2n) is 11.3. The maximum atomic E-state index is 13.5. The molecule has 1 saturated heterocycles. The highest BCUT2D eigenvalue weighted by molar-refractivity contribution is 9.10. The van der Waals surface area contributed by atoms with Crippen LogP contribution in [0.1, 0.15) is 48.1 Å². The lowest BCUT2D eigenvalue weighted by atomic mass is 9.47. The van der Waals surface area contributed by atoms with Crippen LogP contribution in [0.5, 0.6) is 11.5 Å². The van der Waals surface area contributed by atoms with Crippen molar-refractivity contribution < 1.29 is 19.7 Å². The molecule has 36 heavy (non-hydrogen) atoms. The molecule has 190 valence electrons. The Balaban J connectivity index is 1.31. The molecule has 0 unspecified atom stereocenters. The highest BCUT2D eigenvalue weighted by atomic mass is 79.9. The number of nitrogens with zero attached hydrogens (tertiary/aromatic N) is 2. The lowest BCUT2D eigenvalue weighted by Crippen LogP contribution is -2.81. The maximum absolute atomic E-state index is 13.5. The van der Waals surface area contributed by atoms with Gasteiger partial charge in [-0.05, 0) is 90.7 Å². The summed E-state index contributed by atoms with van der Waals surface area (Å²) in [6.45, 7) is 1.92. The normalized spacial score (nSPS) is 34.5. The summed E-state index contributed by atoms with van der Waals surface area (Å²) in [6.07, 6.45) is 8.72. The number of likely N-dealkylation sites (N-methyl/N-ethyl adjacent to an activating group) is 1. The molecule has 0 radical (unpaired) electrons. The minimum atomic E-state index is -1.15. The fourth-order valence-electron chi connectivity index (χ4n) is 7.82. The number of rotatable bonds is 5. The Labute approximate surface area is 223 Å². The van der Waals surface area contributed by atoms with Crippen molar-refractivity contribution in [1.82, 2.24) is 9.80 Å². The first-order valence-electron chi connectivity index (χ1n) is 13.0. The van der Waals surface area contributed by atoms with Crippen molar-refractivity contribution in [2.24, 2.45) is 5.92 Å². The number of phenolic OH excluding ortho intramolecular Hbond substituents is 1. The number of ether oxygens (including phenoxy) is 1. The van der Waals surface area contributed by atoms with Crippen molar-refractivity contribution in [3.63, 3.8) is 0 Å². The number of carbonyl (C=O) groups is 1. The number of phenols is 1. The maximum Gasteiger partial charge on any atom is 0.246 e. The molecule has 8 heteroatoms. The third-order valence-electron chi connectivity index (χ3n) is 9.54. The Morgan fingerprint density at radius 1 is 1.33 bits per heavy atom. The molecule has 7 rings (SSSR count). The highest BCUT2D eigenvalue weighted by Gasteiger charge is 2.74. The lowest BCUT2D eigenvalue weighted by molar-refractivity contribution is -0.217. The van der Waals surface area contributed by atoms with E-state index in [2.05, 4.69) is 20.8 Å². The summed E-state index contributed by atoms with van der Waals surface area (Å²) >= 11 is 5.05. The van der Waals surface area contributed by atoms with Crippen LogP contribution < -0.4 is 4.74 Å². The monoisotopic (exact) mass is 570 g/mol. The molecule has 1 aromatic carbocycles. The fraction of sp³-hybridized carbons (Fsp3) is 0.536. The van der Waals surface area contributed by atoms with Crippen molar-refractivity contribution in [2.75, 3.05) is 20.1 Å². The van der Waals surface area contributed by atoms with Crippen molar-refractivity contribution in [3.8, 4) is 11.5 Å². The van der Waals surface area contributed by atoms with Gasteiger partial charge in [-0.1, -0.05) is 6.07 Å². The number of piperidine rings is 1. The second kappa shape index (κ2) is 8.06. The van der Waals surface area contributed by atoms with Gasteiger partial charge in [-0.25, -0.2) is 0 Å². The predicted octanol–water partition coefficient (Wildman–Crippen LogP) is 4.32. The number of carbonyl (C=O) groups excluding carboxylic acids is 1. The van der Waals surface area contributed by atoms with Gasteiger partial charge in [0.2, 0.25) is 5.91 Å².